The average molecular weight is 236 g/mol. The van der Waals surface area contributed by atoms with E-state index in [1.807, 2.05) is 0 Å². The minimum atomic E-state index is -1.73. The van der Waals surface area contributed by atoms with Gasteiger partial charge in [0, 0.05) is 5.56 Å². The third kappa shape index (κ3) is 1.75. The minimum absolute atomic E-state index is 0.229. The zero-order valence-electron chi connectivity index (χ0n) is 8.54. The lowest BCUT2D eigenvalue weighted by atomic mass is 10.1. The van der Waals surface area contributed by atoms with E-state index in [0.717, 1.165) is 7.11 Å². The summed E-state index contributed by atoms with van der Waals surface area (Å²) in [6, 6.07) is 0. The van der Waals surface area contributed by atoms with Crippen LogP contribution in [0.25, 0.3) is 0 Å². The Morgan fingerprint density at radius 2 is 1.50 bits per heavy atom. The van der Waals surface area contributed by atoms with Gasteiger partial charge in [0.1, 0.15) is 5.56 Å². The predicted molar refractivity (Wildman–Crippen MR) is 47.0 cm³/mol. The summed E-state index contributed by atoms with van der Waals surface area (Å²) in [4.78, 5) is 10.9. The first-order valence-corrected chi connectivity index (χ1v) is 4.38. The van der Waals surface area contributed by atoms with Crippen molar-refractivity contribution < 1.29 is 27.1 Å². The topological polar surface area (TPSA) is 26.3 Å². The molecule has 1 rings (SSSR count). The van der Waals surface area contributed by atoms with Crippen LogP contribution in [0, 0.1) is 23.3 Å². The van der Waals surface area contributed by atoms with Crippen LogP contribution >= 0.6 is 0 Å². The summed E-state index contributed by atoms with van der Waals surface area (Å²) in [5, 5.41) is 0. The fraction of sp³-hybridized carbons (Fsp3) is 0.300. The van der Waals surface area contributed by atoms with Gasteiger partial charge in [0.25, 0.3) is 0 Å². The van der Waals surface area contributed by atoms with Gasteiger partial charge in [-0.2, -0.15) is 0 Å². The number of rotatable bonds is 2. The van der Waals surface area contributed by atoms with Crippen LogP contribution in [-0.2, 0) is 11.2 Å². The van der Waals surface area contributed by atoms with Crippen LogP contribution in [0.5, 0.6) is 0 Å². The van der Waals surface area contributed by atoms with Crippen molar-refractivity contribution in [3.63, 3.8) is 0 Å². The molecule has 0 heterocycles. The highest BCUT2D eigenvalue weighted by molar-refractivity contribution is 5.90. The summed E-state index contributed by atoms with van der Waals surface area (Å²) >= 11 is 0. The summed E-state index contributed by atoms with van der Waals surface area (Å²) in [6.45, 7) is 1.33. The van der Waals surface area contributed by atoms with Crippen LogP contribution in [0.4, 0.5) is 17.6 Å². The van der Waals surface area contributed by atoms with Crippen molar-refractivity contribution in [3.8, 4) is 0 Å². The van der Waals surface area contributed by atoms with E-state index in [4.69, 9.17) is 0 Å². The molecule has 0 saturated heterocycles. The van der Waals surface area contributed by atoms with Gasteiger partial charge < -0.3 is 4.74 Å². The molecule has 2 nitrogen and oxygen atoms in total. The number of halogens is 4. The maximum Gasteiger partial charge on any atom is 0.344 e. The number of methoxy groups -OCH3 is 1. The quantitative estimate of drug-likeness (QED) is 0.448. The smallest absolute Gasteiger partial charge is 0.344 e. The Labute approximate surface area is 88.8 Å². The van der Waals surface area contributed by atoms with E-state index >= 15 is 0 Å². The Kier molecular flexibility index (Phi) is 3.51. The molecule has 88 valence electrons. The van der Waals surface area contributed by atoms with E-state index in [9.17, 15) is 22.4 Å². The summed E-state index contributed by atoms with van der Waals surface area (Å²) < 4.78 is 56.9. The van der Waals surface area contributed by atoms with Crippen molar-refractivity contribution in [1.29, 1.82) is 0 Å². The number of carbonyl (C=O) groups excluding carboxylic acids is 1. The fourth-order valence-corrected chi connectivity index (χ4v) is 1.27. The normalized spacial score (nSPS) is 10.4. The SMILES string of the molecule is CCc1c(F)c(F)c(C(=O)OC)c(F)c1F. The fourth-order valence-electron chi connectivity index (χ4n) is 1.27. The van der Waals surface area contributed by atoms with E-state index in [-0.39, 0.29) is 6.42 Å². The Hall–Kier alpha value is -1.59. The number of esters is 1. The van der Waals surface area contributed by atoms with Gasteiger partial charge >= 0.3 is 5.97 Å². The maximum atomic E-state index is 13.2. The number of hydrogen-bond donors (Lipinski definition) is 0. The lowest BCUT2D eigenvalue weighted by Crippen LogP contribution is -2.14. The van der Waals surface area contributed by atoms with Gasteiger partial charge in [-0.15, -0.1) is 0 Å². The number of hydrogen-bond acceptors (Lipinski definition) is 2. The lowest BCUT2D eigenvalue weighted by Gasteiger charge is -2.09. The van der Waals surface area contributed by atoms with Crippen LogP contribution < -0.4 is 0 Å². The van der Waals surface area contributed by atoms with Gasteiger partial charge in [-0.05, 0) is 6.42 Å². The zero-order chi connectivity index (χ0) is 12.5. The number of carbonyl (C=O) groups is 1. The van der Waals surface area contributed by atoms with Crippen molar-refractivity contribution in [2.24, 2.45) is 0 Å². The van der Waals surface area contributed by atoms with Gasteiger partial charge in [-0.1, -0.05) is 6.92 Å². The van der Waals surface area contributed by atoms with Crippen molar-refractivity contribution in [3.05, 3.63) is 34.4 Å². The minimum Gasteiger partial charge on any atom is -0.465 e. The summed E-state index contributed by atoms with van der Waals surface area (Å²) in [5.41, 5.74) is -2.09. The first-order valence-electron chi connectivity index (χ1n) is 4.38. The van der Waals surface area contributed by atoms with Crippen LogP contribution in [0.1, 0.15) is 22.8 Å². The van der Waals surface area contributed by atoms with E-state index < -0.39 is 40.4 Å². The molecule has 0 saturated carbocycles. The van der Waals surface area contributed by atoms with Gasteiger partial charge in [0.15, 0.2) is 23.3 Å². The van der Waals surface area contributed by atoms with E-state index in [2.05, 4.69) is 4.74 Å². The number of benzene rings is 1. The first kappa shape index (κ1) is 12.5. The van der Waals surface area contributed by atoms with Crippen molar-refractivity contribution in [1.82, 2.24) is 0 Å². The van der Waals surface area contributed by atoms with Gasteiger partial charge in [-0.3, -0.25) is 0 Å². The molecular formula is C10H8F4O2. The molecule has 0 aromatic heterocycles. The second-order valence-corrected chi connectivity index (χ2v) is 2.95. The third-order valence-electron chi connectivity index (χ3n) is 2.10. The van der Waals surface area contributed by atoms with Crippen LogP contribution in [-0.4, -0.2) is 13.1 Å². The highest BCUT2D eigenvalue weighted by Crippen LogP contribution is 2.24. The lowest BCUT2D eigenvalue weighted by molar-refractivity contribution is 0.0586. The highest BCUT2D eigenvalue weighted by atomic mass is 19.2. The predicted octanol–water partition coefficient (Wildman–Crippen LogP) is 2.59. The number of ether oxygens (including phenoxy) is 1. The van der Waals surface area contributed by atoms with Crippen molar-refractivity contribution >= 4 is 5.97 Å². The van der Waals surface area contributed by atoms with E-state index in [1.54, 1.807) is 0 Å². The van der Waals surface area contributed by atoms with Crippen molar-refractivity contribution in [2.45, 2.75) is 13.3 Å². The third-order valence-corrected chi connectivity index (χ3v) is 2.10. The second kappa shape index (κ2) is 4.51. The average Bonchev–Trinajstić information content (AvgIpc) is 2.27. The van der Waals surface area contributed by atoms with Crippen molar-refractivity contribution in [2.75, 3.05) is 7.11 Å². The molecule has 0 N–H and O–H groups in total. The second-order valence-electron chi connectivity index (χ2n) is 2.95. The maximum absolute atomic E-state index is 13.2. The molecule has 0 unspecified atom stereocenters. The van der Waals surface area contributed by atoms with E-state index in [1.165, 1.54) is 6.92 Å². The van der Waals surface area contributed by atoms with Crippen LogP contribution in [0.15, 0.2) is 0 Å². The molecule has 0 bridgehead atoms. The Bertz CT molecular complexity index is 414. The van der Waals surface area contributed by atoms with E-state index in [0.29, 0.717) is 0 Å². The first-order chi connectivity index (χ1) is 7.45. The van der Waals surface area contributed by atoms with Gasteiger partial charge in [-0.25, -0.2) is 22.4 Å². The molecule has 0 atom stereocenters. The molecule has 0 fully saturated rings. The highest BCUT2D eigenvalue weighted by Gasteiger charge is 2.28. The van der Waals surface area contributed by atoms with Gasteiger partial charge in [0.2, 0.25) is 0 Å². The molecule has 1 aromatic carbocycles. The largest absolute Gasteiger partial charge is 0.465 e. The molecule has 16 heavy (non-hydrogen) atoms. The molecule has 0 aliphatic rings. The summed E-state index contributed by atoms with van der Waals surface area (Å²) in [6.07, 6.45) is -0.229. The van der Waals surface area contributed by atoms with Crippen LogP contribution in [0.3, 0.4) is 0 Å². The molecule has 0 radical (unpaired) electrons. The Balaban J connectivity index is 3.60. The molecule has 0 spiro atoms. The zero-order valence-corrected chi connectivity index (χ0v) is 8.54. The van der Waals surface area contributed by atoms with Crippen LogP contribution in [0.2, 0.25) is 0 Å². The molecule has 0 aliphatic heterocycles. The molecular weight excluding hydrogens is 228 g/mol. The molecule has 0 amide bonds. The Morgan fingerprint density at radius 1 is 1.06 bits per heavy atom. The molecule has 6 heteroatoms. The molecule has 0 aliphatic carbocycles. The monoisotopic (exact) mass is 236 g/mol. The Morgan fingerprint density at radius 3 is 1.81 bits per heavy atom. The standard InChI is InChI=1S/C10H8F4O2/c1-3-4-6(11)8(13)5(10(15)16-2)9(14)7(4)12/h3H2,1-2H3. The summed E-state index contributed by atoms with van der Waals surface area (Å²) in [5.74, 6) is -8.07. The van der Waals surface area contributed by atoms with Gasteiger partial charge in [0.05, 0.1) is 7.11 Å². The molecule has 1 aromatic rings. The summed E-state index contributed by atoms with van der Waals surface area (Å²) in [7, 11) is 0.852.